The molecule has 1 fully saturated rings. The van der Waals surface area contributed by atoms with Crippen LogP contribution in [0.2, 0.25) is 0 Å². The van der Waals surface area contributed by atoms with Crippen molar-refractivity contribution >= 4 is 0 Å². The molecular weight excluding hydrogens is 174 g/mol. The second kappa shape index (κ2) is 3.52. The lowest BCUT2D eigenvalue weighted by Crippen LogP contribution is -2.36. The Morgan fingerprint density at radius 3 is 2.38 bits per heavy atom. The van der Waals surface area contributed by atoms with Crippen LogP contribution in [0.1, 0.15) is 39.5 Å². The second-order valence-corrected chi connectivity index (χ2v) is 4.98. The minimum Gasteiger partial charge on any atom is -0.396 e. The molecule has 0 aromatic rings. The van der Waals surface area contributed by atoms with E-state index >= 15 is 0 Å². The zero-order valence-electron chi connectivity index (χ0n) is 8.32. The van der Waals surface area contributed by atoms with Gasteiger partial charge in [0, 0.05) is 19.4 Å². The molecule has 0 aliphatic heterocycles. The van der Waals surface area contributed by atoms with Gasteiger partial charge in [-0.15, -0.1) is 0 Å². The maximum atomic E-state index is 13.2. The Hall–Kier alpha value is -0.180. The van der Waals surface area contributed by atoms with Gasteiger partial charge in [-0.05, 0) is 24.2 Å². The third-order valence-electron chi connectivity index (χ3n) is 2.70. The Morgan fingerprint density at radius 2 is 1.92 bits per heavy atom. The lowest BCUT2D eigenvalue weighted by molar-refractivity contribution is -0.0961. The molecule has 0 aromatic heterocycles. The minimum atomic E-state index is -2.53. The van der Waals surface area contributed by atoms with Crippen molar-refractivity contribution in [2.75, 3.05) is 6.61 Å². The van der Waals surface area contributed by atoms with Gasteiger partial charge in [-0.1, -0.05) is 13.8 Å². The number of rotatable bonds is 2. The van der Waals surface area contributed by atoms with Crippen molar-refractivity contribution < 1.29 is 13.9 Å². The van der Waals surface area contributed by atoms with Gasteiger partial charge in [0.15, 0.2) is 0 Å². The summed E-state index contributed by atoms with van der Waals surface area (Å²) in [6.07, 6.45) is 1.26. The van der Waals surface area contributed by atoms with Crippen molar-refractivity contribution in [3.05, 3.63) is 0 Å². The molecule has 1 atom stereocenters. The first kappa shape index (κ1) is 10.9. The van der Waals surface area contributed by atoms with Gasteiger partial charge >= 0.3 is 0 Å². The van der Waals surface area contributed by atoms with Crippen LogP contribution in [0.25, 0.3) is 0 Å². The minimum absolute atomic E-state index is 0.0104. The third-order valence-corrected chi connectivity index (χ3v) is 2.70. The Labute approximate surface area is 78.1 Å². The summed E-state index contributed by atoms with van der Waals surface area (Å²) in [6, 6.07) is 0. The quantitative estimate of drug-likeness (QED) is 0.713. The number of aliphatic hydroxyl groups excluding tert-OH is 1. The van der Waals surface area contributed by atoms with Crippen molar-refractivity contribution in [1.82, 2.24) is 0 Å². The van der Waals surface area contributed by atoms with Crippen LogP contribution in [-0.2, 0) is 0 Å². The van der Waals surface area contributed by atoms with Gasteiger partial charge in [-0.25, -0.2) is 8.78 Å². The van der Waals surface area contributed by atoms with Crippen LogP contribution in [-0.4, -0.2) is 17.6 Å². The molecule has 0 amide bonds. The highest BCUT2D eigenvalue weighted by Gasteiger charge is 2.44. The van der Waals surface area contributed by atoms with E-state index in [-0.39, 0.29) is 30.8 Å². The van der Waals surface area contributed by atoms with Crippen molar-refractivity contribution in [3.63, 3.8) is 0 Å². The molecule has 13 heavy (non-hydrogen) atoms. The van der Waals surface area contributed by atoms with Gasteiger partial charge in [0.25, 0.3) is 0 Å². The summed E-state index contributed by atoms with van der Waals surface area (Å²) in [5, 5.41) is 8.71. The predicted octanol–water partition coefficient (Wildman–Crippen LogP) is 2.83. The fraction of sp³-hybridized carbons (Fsp3) is 1.00. The maximum absolute atomic E-state index is 13.2. The van der Waals surface area contributed by atoms with Gasteiger partial charge < -0.3 is 5.11 Å². The van der Waals surface area contributed by atoms with E-state index < -0.39 is 5.92 Å². The number of hydrogen-bond donors (Lipinski definition) is 1. The lowest BCUT2D eigenvalue weighted by atomic mass is 9.69. The molecule has 0 bridgehead atoms. The maximum Gasteiger partial charge on any atom is 0.248 e. The SMILES string of the molecule is CC1(C)CC(CCO)CC(F)(F)C1. The van der Waals surface area contributed by atoms with Gasteiger partial charge in [-0.3, -0.25) is 0 Å². The van der Waals surface area contributed by atoms with E-state index in [1.54, 1.807) is 0 Å². The first-order valence-corrected chi connectivity index (χ1v) is 4.83. The molecular formula is C10H18F2O. The molecule has 1 saturated carbocycles. The van der Waals surface area contributed by atoms with E-state index in [1.807, 2.05) is 13.8 Å². The Bertz CT molecular complexity index is 162. The smallest absolute Gasteiger partial charge is 0.248 e. The van der Waals surface area contributed by atoms with E-state index in [0.29, 0.717) is 6.42 Å². The third kappa shape index (κ3) is 3.22. The van der Waals surface area contributed by atoms with Crippen LogP contribution in [0.15, 0.2) is 0 Å². The van der Waals surface area contributed by atoms with Crippen LogP contribution in [0.5, 0.6) is 0 Å². The van der Waals surface area contributed by atoms with Gasteiger partial charge in [-0.2, -0.15) is 0 Å². The predicted molar refractivity (Wildman–Crippen MR) is 47.8 cm³/mol. The zero-order valence-corrected chi connectivity index (χ0v) is 8.32. The Morgan fingerprint density at radius 1 is 1.31 bits per heavy atom. The summed E-state index contributed by atoms with van der Waals surface area (Å²) < 4.78 is 26.4. The molecule has 1 unspecified atom stereocenters. The molecule has 0 aromatic carbocycles. The van der Waals surface area contributed by atoms with Crippen molar-refractivity contribution in [3.8, 4) is 0 Å². The van der Waals surface area contributed by atoms with E-state index in [0.717, 1.165) is 6.42 Å². The number of hydrogen-bond acceptors (Lipinski definition) is 1. The van der Waals surface area contributed by atoms with Crippen LogP contribution >= 0.6 is 0 Å². The summed E-state index contributed by atoms with van der Waals surface area (Å²) in [7, 11) is 0. The van der Waals surface area contributed by atoms with Gasteiger partial charge in [0.1, 0.15) is 0 Å². The van der Waals surface area contributed by atoms with Gasteiger partial charge in [0.2, 0.25) is 5.92 Å². The zero-order chi connectivity index (χ0) is 10.1. The Kier molecular flexibility index (Phi) is 2.95. The molecule has 0 spiro atoms. The number of alkyl halides is 2. The van der Waals surface area contributed by atoms with Crippen LogP contribution in [0.4, 0.5) is 8.78 Å². The molecule has 1 rings (SSSR count). The van der Waals surface area contributed by atoms with E-state index in [9.17, 15) is 8.78 Å². The summed E-state index contributed by atoms with van der Waals surface area (Å²) in [4.78, 5) is 0. The molecule has 0 saturated heterocycles. The molecule has 0 heterocycles. The first-order chi connectivity index (χ1) is 5.85. The normalized spacial score (nSPS) is 31.6. The molecule has 3 heteroatoms. The van der Waals surface area contributed by atoms with E-state index in [2.05, 4.69) is 0 Å². The van der Waals surface area contributed by atoms with Crippen LogP contribution < -0.4 is 0 Å². The lowest BCUT2D eigenvalue weighted by Gasteiger charge is -2.39. The number of halogens is 2. The second-order valence-electron chi connectivity index (χ2n) is 4.98. The average molecular weight is 192 g/mol. The molecule has 1 N–H and O–H groups in total. The molecule has 78 valence electrons. The van der Waals surface area contributed by atoms with Crippen LogP contribution in [0.3, 0.4) is 0 Å². The molecule has 1 nitrogen and oxygen atoms in total. The van der Waals surface area contributed by atoms with E-state index in [4.69, 9.17) is 5.11 Å². The van der Waals surface area contributed by atoms with Crippen molar-refractivity contribution in [1.29, 1.82) is 0 Å². The molecule has 1 aliphatic rings. The standard InChI is InChI=1S/C10H18F2O/c1-9(2)5-8(3-4-13)6-10(11,12)7-9/h8,13H,3-7H2,1-2H3. The summed E-state index contributed by atoms with van der Waals surface area (Å²) in [5.41, 5.74) is -0.276. The highest BCUT2D eigenvalue weighted by Crippen LogP contribution is 2.47. The summed E-state index contributed by atoms with van der Waals surface area (Å²) >= 11 is 0. The summed E-state index contributed by atoms with van der Waals surface area (Å²) in [6.45, 7) is 3.78. The largest absolute Gasteiger partial charge is 0.396 e. The first-order valence-electron chi connectivity index (χ1n) is 4.83. The highest BCUT2D eigenvalue weighted by molar-refractivity contribution is 4.88. The number of aliphatic hydroxyl groups is 1. The fourth-order valence-corrected chi connectivity index (χ4v) is 2.51. The monoisotopic (exact) mass is 192 g/mol. The van der Waals surface area contributed by atoms with Crippen LogP contribution in [0, 0.1) is 11.3 Å². The topological polar surface area (TPSA) is 20.2 Å². The molecule has 0 radical (unpaired) electrons. The molecule has 1 aliphatic carbocycles. The highest BCUT2D eigenvalue weighted by atomic mass is 19.3. The van der Waals surface area contributed by atoms with Crippen molar-refractivity contribution in [2.45, 2.75) is 45.5 Å². The van der Waals surface area contributed by atoms with Crippen molar-refractivity contribution in [2.24, 2.45) is 11.3 Å². The van der Waals surface area contributed by atoms with Gasteiger partial charge in [0.05, 0.1) is 0 Å². The Balaban J connectivity index is 2.61. The fourth-order valence-electron chi connectivity index (χ4n) is 2.51. The van der Waals surface area contributed by atoms with E-state index in [1.165, 1.54) is 0 Å². The summed E-state index contributed by atoms with van der Waals surface area (Å²) in [5.74, 6) is -2.54. The average Bonchev–Trinajstić information content (AvgIpc) is 1.78.